The normalized spacial score (nSPS) is 13.6. The van der Waals surface area contributed by atoms with E-state index in [1.54, 1.807) is 11.0 Å². The van der Waals surface area contributed by atoms with Crippen LogP contribution in [0.5, 0.6) is 0 Å². The summed E-state index contributed by atoms with van der Waals surface area (Å²) in [7, 11) is 0. The number of Topliss-reactive ketones (excluding diaryl/α,β-unsaturated/α-hetero) is 1. The van der Waals surface area contributed by atoms with Gasteiger partial charge in [0, 0.05) is 12.2 Å². The Labute approximate surface area is 99.9 Å². The molecule has 1 amide bonds. The highest BCUT2D eigenvalue weighted by atomic mass is 16.3. The molecule has 0 bridgehead atoms. The average molecular weight is 233 g/mol. The van der Waals surface area contributed by atoms with Crippen LogP contribution in [0.3, 0.4) is 0 Å². The van der Waals surface area contributed by atoms with Crippen LogP contribution in [0, 0.1) is 0 Å². The maximum atomic E-state index is 11.8. The highest BCUT2D eigenvalue weighted by Gasteiger charge is 2.25. The van der Waals surface area contributed by atoms with E-state index in [1.807, 2.05) is 12.1 Å². The van der Waals surface area contributed by atoms with Crippen LogP contribution in [0.4, 0.5) is 5.69 Å². The number of aliphatic hydroxyl groups excluding tert-OH is 1. The number of anilines is 1. The molecule has 4 nitrogen and oxygen atoms in total. The number of nitrogens with zero attached hydrogens (tertiary/aromatic N) is 1. The van der Waals surface area contributed by atoms with Crippen molar-refractivity contribution in [3.63, 3.8) is 0 Å². The molecule has 1 aromatic rings. The van der Waals surface area contributed by atoms with Gasteiger partial charge in [0.05, 0.1) is 13.0 Å². The zero-order valence-corrected chi connectivity index (χ0v) is 9.77. The lowest BCUT2D eigenvalue weighted by Crippen LogP contribution is -2.30. The van der Waals surface area contributed by atoms with Gasteiger partial charge < -0.3 is 10.0 Å². The fourth-order valence-corrected chi connectivity index (χ4v) is 2.12. The molecule has 2 rings (SSSR count). The molecule has 0 saturated heterocycles. The third-order valence-corrected chi connectivity index (χ3v) is 2.92. The number of carbonyl (C=O) groups is 2. The van der Waals surface area contributed by atoms with Crippen LogP contribution in [-0.2, 0) is 22.6 Å². The Bertz CT molecular complexity index is 468. The van der Waals surface area contributed by atoms with Crippen LogP contribution in [-0.4, -0.2) is 23.3 Å². The lowest BCUT2D eigenvalue weighted by Gasteiger charge is -2.16. The van der Waals surface area contributed by atoms with Crippen molar-refractivity contribution in [2.24, 2.45) is 0 Å². The molecule has 17 heavy (non-hydrogen) atoms. The van der Waals surface area contributed by atoms with Gasteiger partial charge in [-0.3, -0.25) is 9.59 Å². The van der Waals surface area contributed by atoms with Crippen molar-refractivity contribution in [2.75, 3.05) is 11.4 Å². The van der Waals surface area contributed by atoms with Gasteiger partial charge in [0.25, 0.3) is 0 Å². The predicted octanol–water partition coefficient (Wildman–Crippen LogP) is 1.05. The Morgan fingerprint density at radius 1 is 1.41 bits per heavy atom. The summed E-state index contributed by atoms with van der Waals surface area (Å²) in [6.45, 7) is 2.05. The highest BCUT2D eigenvalue weighted by molar-refractivity contribution is 6.05. The maximum Gasteiger partial charge on any atom is 0.234 e. The number of rotatable bonds is 3. The number of aliphatic hydroxyl groups is 1. The van der Waals surface area contributed by atoms with Crippen LogP contribution in [0.2, 0.25) is 0 Å². The Kier molecular flexibility index (Phi) is 3.24. The third-order valence-electron chi connectivity index (χ3n) is 2.92. The van der Waals surface area contributed by atoms with Gasteiger partial charge in [-0.25, -0.2) is 0 Å². The summed E-state index contributed by atoms with van der Waals surface area (Å²) in [5.41, 5.74) is 2.78. The Balaban J connectivity index is 2.22. The predicted molar refractivity (Wildman–Crippen MR) is 63.7 cm³/mol. The largest absolute Gasteiger partial charge is 0.392 e. The van der Waals surface area contributed by atoms with E-state index < -0.39 is 0 Å². The first-order valence-corrected chi connectivity index (χ1v) is 5.64. The molecule has 1 aliphatic heterocycles. The summed E-state index contributed by atoms with van der Waals surface area (Å²) in [5, 5.41) is 9.04. The van der Waals surface area contributed by atoms with E-state index in [9.17, 15) is 9.59 Å². The Morgan fingerprint density at radius 3 is 2.82 bits per heavy atom. The van der Waals surface area contributed by atoms with E-state index in [2.05, 4.69) is 0 Å². The smallest absolute Gasteiger partial charge is 0.234 e. The van der Waals surface area contributed by atoms with E-state index in [1.165, 1.54) is 6.92 Å². The summed E-state index contributed by atoms with van der Waals surface area (Å²) >= 11 is 0. The van der Waals surface area contributed by atoms with Gasteiger partial charge in [0.15, 0.2) is 0 Å². The standard InChI is InChI=1S/C13H15NO3/c1-9(16)6-13(17)14-5-4-11-7-10(8-15)2-3-12(11)14/h2-3,7,15H,4-6,8H2,1H3. The second-order valence-electron chi connectivity index (χ2n) is 4.30. The molecular weight excluding hydrogens is 218 g/mol. The number of amides is 1. The Hall–Kier alpha value is -1.68. The van der Waals surface area contributed by atoms with Crippen LogP contribution < -0.4 is 4.90 Å². The number of carbonyl (C=O) groups excluding carboxylic acids is 2. The minimum atomic E-state index is -0.145. The van der Waals surface area contributed by atoms with Gasteiger partial charge >= 0.3 is 0 Å². The van der Waals surface area contributed by atoms with Crippen molar-refractivity contribution in [2.45, 2.75) is 26.4 Å². The fourth-order valence-electron chi connectivity index (χ4n) is 2.12. The van der Waals surface area contributed by atoms with E-state index in [-0.39, 0.29) is 24.7 Å². The highest BCUT2D eigenvalue weighted by Crippen LogP contribution is 2.29. The quantitative estimate of drug-likeness (QED) is 0.794. The van der Waals surface area contributed by atoms with Crippen molar-refractivity contribution < 1.29 is 14.7 Å². The summed E-state index contributed by atoms with van der Waals surface area (Å²) < 4.78 is 0. The summed E-state index contributed by atoms with van der Waals surface area (Å²) in [4.78, 5) is 24.4. The van der Waals surface area contributed by atoms with E-state index in [4.69, 9.17) is 5.11 Å². The number of hydrogen-bond acceptors (Lipinski definition) is 3. The average Bonchev–Trinajstić information content (AvgIpc) is 2.70. The van der Waals surface area contributed by atoms with Crippen molar-refractivity contribution >= 4 is 17.4 Å². The first-order chi connectivity index (χ1) is 8.11. The SMILES string of the molecule is CC(=O)CC(=O)N1CCc2cc(CO)ccc21. The van der Waals surface area contributed by atoms with Crippen molar-refractivity contribution in [3.05, 3.63) is 29.3 Å². The number of fused-ring (bicyclic) bond motifs is 1. The van der Waals surface area contributed by atoms with Gasteiger partial charge in [-0.15, -0.1) is 0 Å². The second kappa shape index (κ2) is 4.67. The van der Waals surface area contributed by atoms with Gasteiger partial charge in [0.1, 0.15) is 5.78 Å². The molecule has 0 aromatic heterocycles. The molecule has 90 valence electrons. The van der Waals surface area contributed by atoms with Crippen LogP contribution in [0.15, 0.2) is 18.2 Å². The van der Waals surface area contributed by atoms with Crippen LogP contribution in [0.1, 0.15) is 24.5 Å². The Morgan fingerprint density at radius 2 is 2.18 bits per heavy atom. The summed E-state index contributed by atoms with van der Waals surface area (Å²) in [6, 6.07) is 5.56. The van der Waals surface area contributed by atoms with Gasteiger partial charge in [0.2, 0.25) is 5.91 Å². The minimum absolute atomic E-state index is 0.00860. The lowest BCUT2D eigenvalue weighted by atomic mass is 10.1. The maximum absolute atomic E-state index is 11.8. The van der Waals surface area contributed by atoms with Gasteiger partial charge in [-0.1, -0.05) is 12.1 Å². The van der Waals surface area contributed by atoms with Crippen molar-refractivity contribution in [1.29, 1.82) is 0 Å². The number of benzene rings is 1. The number of ketones is 1. The number of hydrogen-bond donors (Lipinski definition) is 1. The molecule has 0 unspecified atom stereocenters. The van der Waals surface area contributed by atoms with Gasteiger partial charge in [-0.05, 0) is 30.5 Å². The van der Waals surface area contributed by atoms with Crippen LogP contribution >= 0.6 is 0 Å². The molecule has 0 radical (unpaired) electrons. The zero-order chi connectivity index (χ0) is 12.4. The van der Waals surface area contributed by atoms with Crippen LogP contribution in [0.25, 0.3) is 0 Å². The summed E-state index contributed by atoms with van der Waals surface area (Å²) in [5.74, 6) is -0.261. The molecule has 1 N–H and O–H groups in total. The molecule has 1 aromatic carbocycles. The molecular formula is C13H15NO3. The topological polar surface area (TPSA) is 57.6 Å². The first kappa shape index (κ1) is 11.8. The monoisotopic (exact) mass is 233 g/mol. The van der Waals surface area contributed by atoms with Crippen molar-refractivity contribution in [3.8, 4) is 0 Å². The summed E-state index contributed by atoms with van der Waals surface area (Å²) in [6.07, 6.45) is 0.744. The molecule has 0 aliphatic carbocycles. The molecule has 0 atom stereocenters. The van der Waals surface area contributed by atoms with E-state index >= 15 is 0 Å². The zero-order valence-electron chi connectivity index (χ0n) is 9.77. The minimum Gasteiger partial charge on any atom is -0.392 e. The molecule has 4 heteroatoms. The molecule has 0 fully saturated rings. The fraction of sp³-hybridized carbons (Fsp3) is 0.385. The molecule has 0 spiro atoms. The molecule has 0 saturated carbocycles. The first-order valence-electron chi connectivity index (χ1n) is 5.64. The van der Waals surface area contributed by atoms with E-state index in [0.717, 1.165) is 23.2 Å². The lowest BCUT2D eigenvalue weighted by molar-refractivity contribution is -0.125. The molecule has 1 heterocycles. The molecule has 1 aliphatic rings. The van der Waals surface area contributed by atoms with Crippen molar-refractivity contribution in [1.82, 2.24) is 0 Å². The van der Waals surface area contributed by atoms with Gasteiger partial charge in [-0.2, -0.15) is 0 Å². The van der Waals surface area contributed by atoms with E-state index in [0.29, 0.717) is 6.54 Å². The second-order valence-corrected chi connectivity index (χ2v) is 4.30. The third kappa shape index (κ3) is 2.36.